The van der Waals surface area contributed by atoms with Crippen LogP contribution in [0.2, 0.25) is 0 Å². The molecule has 0 saturated heterocycles. The predicted octanol–water partition coefficient (Wildman–Crippen LogP) is 4.95. The van der Waals surface area contributed by atoms with E-state index in [-0.39, 0.29) is 11.7 Å². The van der Waals surface area contributed by atoms with Crippen LogP contribution < -0.4 is 19.5 Å². The number of hydrogen-bond donors (Lipinski definition) is 2. The highest BCUT2D eigenvalue weighted by molar-refractivity contribution is 9.10. The minimum Gasteiger partial charge on any atom is -0.495 e. The van der Waals surface area contributed by atoms with E-state index in [9.17, 15) is 9.90 Å². The Morgan fingerprint density at radius 3 is 2.52 bits per heavy atom. The molecular weight excluding hydrogens is 414 g/mol. The summed E-state index contributed by atoms with van der Waals surface area (Å²) >= 11 is 3.57. The summed E-state index contributed by atoms with van der Waals surface area (Å²) in [6.07, 6.45) is 0.0306. The molecule has 0 fully saturated rings. The Hall–Kier alpha value is -2.41. The van der Waals surface area contributed by atoms with Gasteiger partial charge in [-0.1, -0.05) is 15.9 Å². The molecule has 0 atom stereocenters. The predicted molar refractivity (Wildman–Crippen MR) is 108 cm³/mol. The Morgan fingerprint density at radius 1 is 1.19 bits per heavy atom. The van der Waals surface area contributed by atoms with E-state index in [2.05, 4.69) is 21.2 Å². The number of benzene rings is 2. The molecular formula is C20H24BrNO5. The van der Waals surface area contributed by atoms with Crippen LogP contribution in [0.5, 0.6) is 17.2 Å². The summed E-state index contributed by atoms with van der Waals surface area (Å²) in [6, 6.07) is 8.48. The van der Waals surface area contributed by atoms with Gasteiger partial charge in [-0.15, -0.1) is 0 Å². The van der Waals surface area contributed by atoms with Gasteiger partial charge in [0.15, 0.2) is 11.5 Å². The van der Waals surface area contributed by atoms with Crippen molar-refractivity contribution in [3.63, 3.8) is 0 Å². The van der Waals surface area contributed by atoms with Crippen LogP contribution in [0, 0.1) is 0 Å². The Balaban J connectivity index is 2.28. The topological polar surface area (TPSA) is 77.0 Å². The first-order valence-electron chi connectivity index (χ1n) is 8.62. The molecule has 146 valence electrons. The quantitative estimate of drug-likeness (QED) is 0.577. The highest BCUT2D eigenvalue weighted by atomic mass is 79.9. The number of carboxylic acid groups (broad SMARTS) is 1. The molecule has 0 unspecified atom stereocenters. The minimum atomic E-state index is -0.990. The van der Waals surface area contributed by atoms with Crippen molar-refractivity contribution >= 4 is 27.6 Å². The summed E-state index contributed by atoms with van der Waals surface area (Å²) in [5.74, 6) is 0.919. The van der Waals surface area contributed by atoms with Gasteiger partial charge < -0.3 is 24.6 Å². The molecule has 7 heteroatoms. The maximum Gasteiger partial charge on any atom is 0.335 e. The van der Waals surface area contributed by atoms with Crippen molar-refractivity contribution in [2.24, 2.45) is 0 Å². The Kier molecular flexibility index (Phi) is 7.36. The second kappa shape index (κ2) is 9.50. The Bertz CT molecular complexity index is 807. The van der Waals surface area contributed by atoms with Crippen LogP contribution in [0.4, 0.5) is 5.69 Å². The van der Waals surface area contributed by atoms with E-state index in [4.69, 9.17) is 14.2 Å². The lowest BCUT2D eigenvalue weighted by atomic mass is 10.1. The lowest BCUT2D eigenvalue weighted by Crippen LogP contribution is -2.09. The highest BCUT2D eigenvalue weighted by Crippen LogP contribution is 2.35. The van der Waals surface area contributed by atoms with Gasteiger partial charge in [0.25, 0.3) is 0 Å². The third-order valence-electron chi connectivity index (χ3n) is 3.69. The lowest BCUT2D eigenvalue weighted by Gasteiger charge is -2.18. The third kappa shape index (κ3) is 5.53. The average Bonchev–Trinajstić information content (AvgIpc) is 2.62. The molecule has 0 heterocycles. The largest absolute Gasteiger partial charge is 0.495 e. The molecule has 0 aliphatic heterocycles. The van der Waals surface area contributed by atoms with E-state index < -0.39 is 5.97 Å². The van der Waals surface area contributed by atoms with E-state index in [0.717, 1.165) is 10.0 Å². The van der Waals surface area contributed by atoms with Crippen LogP contribution in [0.25, 0.3) is 0 Å². The summed E-state index contributed by atoms with van der Waals surface area (Å²) in [5, 5.41) is 12.4. The first kappa shape index (κ1) is 20.9. The van der Waals surface area contributed by atoms with Gasteiger partial charge in [-0.2, -0.15) is 0 Å². The van der Waals surface area contributed by atoms with Crippen molar-refractivity contribution in [2.75, 3.05) is 19.0 Å². The maximum absolute atomic E-state index is 11.2. The third-order valence-corrected chi connectivity index (χ3v) is 4.43. The SMILES string of the molecule is CCOc1cc(CNc2cc(C(=O)O)ccc2OC)c(Br)cc1OC(C)C. The number of carbonyl (C=O) groups is 1. The van der Waals surface area contributed by atoms with Gasteiger partial charge in [-0.25, -0.2) is 4.79 Å². The summed E-state index contributed by atoms with van der Waals surface area (Å²) in [5.41, 5.74) is 1.73. The minimum absolute atomic E-state index is 0.0306. The molecule has 6 nitrogen and oxygen atoms in total. The van der Waals surface area contributed by atoms with Crippen molar-refractivity contribution in [1.82, 2.24) is 0 Å². The molecule has 0 saturated carbocycles. The normalized spacial score (nSPS) is 10.6. The fraction of sp³-hybridized carbons (Fsp3) is 0.350. The lowest BCUT2D eigenvalue weighted by molar-refractivity contribution is 0.0697. The zero-order chi connectivity index (χ0) is 20.0. The standard InChI is InChI=1S/C20H24BrNO5/c1-5-26-18-9-14(15(21)10-19(18)27-12(2)3)11-22-16-8-13(20(23)24)6-7-17(16)25-4/h6-10,12,22H,5,11H2,1-4H3,(H,23,24). The highest BCUT2D eigenvalue weighted by Gasteiger charge is 2.14. The van der Waals surface area contributed by atoms with Gasteiger partial charge in [0, 0.05) is 11.0 Å². The number of rotatable bonds is 9. The first-order valence-corrected chi connectivity index (χ1v) is 9.42. The van der Waals surface area contributed by atoms with Crippen LogP contribution in [-0.2, 0) is 6.54 Å². The number of halogens is 1. The van der Waals surface area contributed by atoms with Crippen LogP contribution in [0.3, 0.4) is 0 Å². The van der Waals surface area contributed by atoms with Crippen LogP contribution >= 0.6 is 15.9 Å². The smallest absolute Gasteiger partial charge is 0.335 e. The van der Waals surface area contributed by atoms with Crippen LogP contribution in [-0.4, -0.2) is 30.9 Å². The van der Waals surface area contributed by atoms with Crippen molar-refractivity contribution < 1.29 is 24.1 Å². The van der Waals surface area contributed by atoms with E-state index in [1.807, 2.05) is 32.9 Å². The summed E-state index contributed by atoms with van der Waals surface area (Å²) < 4.78 is 17.7. The number of hydrogen-bond acceptors (Lipinski definition) is 5. The molecule has 2 aromatic carbocycles. The summed E-state index contributed by atoms with van der Waals surface area (Å²) in [7, 11) is 1.54. The molecule has 0 radical (unpaired) electrons. The van der Waals surface area contributed by atoms with Crippen LogP contribution in [0.15, 0.2) is 34.8 Å². The Labute approximate surface area is 167 Å². The van der Waals surface area contributed by atoms with E-state index in [0.29, 0.717) is 36.1 Å². The molecule has 0 aromatic heterocycles. The van der Waals surface area contributed by atoms with Gasteiger partial charge >= 0.3 is 5.97 Å². The Morgan fingerprint density at radius 2 is 1.93 bits per heavy atom. The van der Waals surface area contributed by atoms with Crippen molar-refractivity contribution in [2.45, 2.75) is 33.4 Å². The van der Waals surface area contributed by atoms with E-state index in [1.165, 1.54) is 6.07 Å². The molecule has 2 rings (SSSR count). The molecule has 0 spiro atoms. The van der Waals surface area contributed by atoms with E-state index in [1.54, 1.807) is 19.2 Å². The monoisotopic (exact) mass is 437 g/mol. The van der Waals surface area contributed by atoms with Crippen molar-refractivity contribution in [1.29, 1.82) is 0 Å². The van der Waals surface area contributed by atoms with Crippen molar-refractivity contribution in [3.8, 4) is 17.2 Å². The van der Waals surface area contributed by atoms with E-state index >= 15 is 0 Å². The maximum atomic E-state index is 11.2. The second-order valence-corrected chi connectivity index (χ2v) is 6.92. The number of aromatic carboxylic acids is 1. The number of carboxylic acids is 1. The van der Waals surface area contributed by atoms with Gasteiger partial charge in [0.2, 0.25) is 0 Å². The molecule has 0 aliphatic rings. The second-order valence-electron chi connectivity index (χ2n) is 6.06. The number of methoxy groups -OCH3 is 1. The van der Waals surface area contributed by atoms with Gasteiger partial charge in [0.05, 0.1) is 31.1 Å². The summed E-state index contributed by atoms with van der Waals surface area (Å²) in [4.78, 5) is 11.2. The van der Waals surface area contributed by atoms with Gasteiger partial charge in [-0.3, -0.25) is 0 Å². The zero-order valence-electron chi connectivity index (χ0n) is 15.8. The molecule has 0 aliphatic carbocycles. The molecule has 0 amide bonds. The van der Waals surface area contributed by atoms with Gasteiger partial charge in [-0.05, 0) is 56.7 Å². The average molecular weight is 438 g/mol. The number of nitrogens with one attached hydrogen (secondary N) is 1. The first-order chi connectivity index (χ1) is 12.8. The molecule has 2 N–H and O–H groups in total. The number of anilines is 1. The van der Waals surface area contributed by atoms with Gasteiger partial charge in [0.1, 0.15) is 5.75 Å². The molecule has 0 bridgehead atoms. The molecule has 2 aromatic rings. The molecule has 27 heavy (non-hydrogen) atoms. The van der Waals surface area contributed by atoms with Crippen molar-refractivity contribution in [3.05, 3.63) is 45.9 Å². The summed E-state index contributed by atoms with van der Waals surface area (Å²) in [6.45, 7) is 6.81. The fourth-order valence-corrected chi connectivity index (χ4v) is 2.96. The fourth-order valence-electron chi connectivity index (χ4n) is 2.50. The zero-order valence-corrected chi connectivity index (χ0v) is 17.4. The van der Waals surface area contributed by atoms with Crippen LogP contribution in [0.1, 0.15) is 36.7 Å². The number of ether oxygens (including phenoxy) is 3.